The van der Waals surface area contributed by atoms with E-state index in [1.807, 2.05) is 24.4 Å². The van der Waals surface area contributed by atoms with Crippen LogP contribution in [0.15, 0.2) is 36.5 Å². The highest BCUT2D eigenvalue weighted by atomic mass is 16.6. The van der Waals surface area contributed by atoms with Gasteiger partial charge in [-0.25, -0.2) is 9.48 Å². The number of ether oxygens (including phenoxy) is 4. The normalized spacial score (nSPS) is 27.3. The molecule has 0 saturated carbocycles. The van der Waals surface area contributed by atoms with Gasteiger partial charge in [-0.3, -0.25) is 5.32 Å². The van der Waals surface area contributed by atoms with Crippen molar-refractivity contribution < 1.29 is 23.7 Å². The molecule has 0 unspecified atom stereocenters. The lowest BCUT2D eigenvalue weighted by Crippen LogP contribution is -2.34. The van der Waals surface area contributed by atoms with Crippen LogP contribution in [0.3, 0.4) is 0 Å². The van der Waals surface area contributed by atoms with Crippen molar-refractivity contribution >= 4 is 11.8 Å². The van der Waals surface area contributed by atoms with Crippen molar-refractivity contribution in [1.82, 2.24) is 15.0 Å². The summed E-state index contributed by atoms with van der Waals surface area (Å²) >= 11 is 0. The number of rotatable bonds is 5. The monoisotopic (exact) mass is 360 g/mol. The maximum atomic E-state index is 12.1. The number of anilines is 1. The Kier molecular flexibility index (Phi) is 4.83. The van der Waals surface area contributed by atoms with E-state index in [4.69, 9.17) is 18.9 Å². The summed E-state index contributed by atoms with van der Waals surface area (Å²) in [5.41, 5.74) is 1.41. The van der Waals surface area contributed by atoms with E-state index in [9.17, 15) is 4.79 Å². The number of fused-ring (bicyclic) bond motifs is 1. The van der Waals surface area contributed by atoms with E-state index in [1.165, 1.54) is 0 Å². The van der Waals surface area contributed by atoms with Crippen LogP contribution in [0.5, 0.6) is 0 Å². The molecule has 2 aromatic rings. The van der Waals surface area contributed by atoms with E-state index >= 15 is 0 Å². The minimum atomic E-state index is -0.527. The summed E-state index contributed by atoms with van der Waals surface area (Å²) in [4.78, 5) is 12.1. The number of amides is 1. The highest BCUT2D eigenvalue weighted by Gasteiger charge is 2.50. The molecule has 1 amide bonds. The predicted molar refractivity (Wildman–Crippen MR) is 89.6 cm³/mol. The van der Waals surface area contributed by atoms with Crippen LogP contribution in [0, 0.1) is 0 Å². The fraction of sp³-hybridized carbons (Fsp3) is 0.471. The van der Waals surface area contributed by atoms with Gasteiger partial charge in [0.1, 0.15) is 23.9 Å². The Bertz CT molecular complexity index is 753. The zero-order valence-electron chi connectivity index (χ0n) is 14.3. The molecule has 4 atom stereocenters. The lowest BCUT2D eigenvalue weighted by atomic mass is 10.1. The second kappa shape index (κ2) is 7.40. The minimum Gasteiger partial charge on any atom is -0.441 e. The largest absolute Gasteiger partial charge is 0.441 e. The molecule has 2 aliphatic rings. The summed E-state index contributed by atoms with van der Waals surface area (Å²) < 4.78 is 23.9. The molecule has 4 rings (SSSR count). The predicted octanol–water partition coefficient (Wildman–Crippen LogP) is 1.38. The Balaban J connectivity index is 1.36. The van der Waals surface area contributed by atoms with Crippen LogP contribution < -0.4 is 5.32 Å². The number of aromatic nitrogens is 3. The number of benzene rings is 1. The Labute approximate surface area is 150 Å². The third-order valence-corrected chi connectivity index (χ3v) is 4.45. The van der Waals surface area contributed by atoms with Crippen molar-refractivity contribution in [3.63, 3.8) is 0 Å². The molecule has 0 spiro atoms. The summed E-state index contributed by atoms with van der Waals surface area (Å²) in [6.07, 6.45) is 0.272. The van der Waals surface area contributed by atoms with Crippen molar-refractivity contribution in [3.05, 3.63) is 42.2 Å². The fourth-order valence-electron chi connectivity index (χ4n) is 3.27. The molecule has 1 aromatic heterocycles. The Morgan fingerprint density at radius 2 is 2.08 bits per heavy atom. The van der Waals surface area contributed by atoms with Crippen molar-refractivity contribution in [2.24, 2.45) is 0 Å². The third-order valence-electron chi connectivity index (χ3n) is 4.45. The molecule has 26 heavy (non-hydrogen) atoms. The molecule has 2 fully saturated rings. The topological polar surface area (TPSA) is 96.7 Å². The van der Waals surface area contributed by atoms with Gasteiger partial charge < -0.3 is 18.9 Å². The maximum Gasteiger partial charge on any atom is 0.412 e. The molecule has 0 aliphatic carbocycles. The number of hydrogen-bond acceptors (Lipinski definition) is 7. The average molecular weight is 360 g/mol. The van der Waals surface area contributed by atoms with Crippen molar-refractivity contribution in [1.29, 1.82) is 0 Å². The van der Waals surface area contributed by atoms with E-state index in [0.29, 0.717) is 18.9 Å². The molecular weight excluding hydrogens is 340 g/mol. The first kappa shape index (κ1) is 17.0. The lowest BCUT2D eigenvalue weighted by molar-refractivity contribution is 0.00770. The first-order valence-electron chi connectivity index (χ1n) is 8.40. The highest BCUT2D eigenvalue weighted by molar-refractivity contribution is 5.84. The zero-order valence-corrected chi connectivity index (χ0v) is 14.3. The number of para-hydroxylation sites is 1. The summed E-state index contributed by atoms with van der Waals surface area (Å²) in [7, 11) is 1.61. The molecule has 2 saturated heterocycles. The molecule has 1 aromatic carbocycles. The van der Waals surface area contributed by atoms with Gasteiger partial charge in [-0.05, 0) is 12.1 Å². The van der Waals surface area contributed by atoms with Gasteiger partial charge in [0.25, 0.3) is 0 Å². The van der Waals surface area contributed by atoms with Crippen LogP contribution in [0.2, 0.25) is 0 Å². The molecule has 138 valence electrons. The van der Waals surface area contributed by atoms with Gasteiger partial charge in [0, 0.05) is 12.8 Å². The van der Waals surface area contributed by atoms with Gasteiger partial charge in [0.2, 0.25) is 0 Å². The molecule has 0 bridgehead atoms. The van der Waals surface area contributed by atoms with Gasteiger partial charge in [-0.1, -0.05) is 23.4 Å². The molecule has 2 aliphatic heterocycles. The second-order valence-corrected chi connectivity index (χ2v) is 6.22. The number of nitrogens with one attached hydrogen (secondary N) is 1. The number of hydrogen-bond donors (Lipinski definition) is 1. The summed E-state index contributed by atoms with van der Waals surface area (Å²) in [6.45, 7) is 1.10. The first-order valence-corrected chi connectivity index (χ1v) is 8.40. The standard InChI is InChI=1S/C17H20N4O5/c1-23-8-12-7-21(20-19-12)13-9-24-16-14(10-25-15(13)16)26-17(22)18-11-5-3-2-4-6-11/h2-7,13-16H,8-10H2,1H3,(H,18,22)/t13-,14-,15-,16+/m1/s1. The number of carbonyl (C=O) groups is 1. The summed E-state index contributed by atoms with van der Waals surface area (Å²) in [5.74, 6) is 0. The van der Waals surface area contributed by atoms with Gasteiger partial charge >= 0.3 is 6.09 Å². The van der Waals surface area contributed by atoms with Crippen LogP contribution in [0.25, 0.3) is 0 Å². The SMILES string of the molecule is COCc1cn([C@@H]2CO[C@@H]3[C@@H]2OC[C@H]3OC(=O)Nc2ccccc2)nn1. The van der Waals surface area contributed by atoms with E-state index in [1.54, 1.807) is 23.9 Å². The van der Waals surface area contributed by atoms with E-state index in [-0.39, 0.29) is 24.9 Å². The van der Waals surface area contributed by atoms with E-state index in [2.05, 4.69) is 15.6 Å². The summed E-state index contributed by atoms with van der Waals surface area (Å²) in [5, 5.41) is 10.9. The molecular formula is C17H20N4O5. The van der Waals surface area contributed by atoms with Crippen molar-refractivity contribution in [3.8, 4) is 0 Å². The van der Waals surface area contributed by atoms with E-state index < -0.39 is 12.2 Å². The average Bonchev–Trinajstić information content (AvgIpc) is 3.34. The Morgan fingerprint density at radius 1 is 1.27 bits per heavy atom. The second-order valence-electron chi connectivity index (χ2n) is 6.22. The van der Waals surface area contributed by atoms with Gasteiger partial charge in [0.05, 0.1) is 26.0 Å². The smallest absolute Gasteiger partial charge is 0.412 e. The summed E-state index contributed by atoms with van der Waals surface area (Å²) in [6, 6.07) is 9.03. The Morgan fingerprint density at radius 3 is 2.88 bits per heavy atom. The molecule has 1 N–H and O–H groups in total. The number of methoxy groups -OCH3 is 1. The first-order chi connectivity index (χ1) is 12.7. The lowest BCUT2D eigenvalue weighted by Gasteiger charge is -2.17. The van der Waals surface area contributed by atoms with Gasteiger partial charge in [-0.2, -0.15) is 0 Å². The van der Waals surface area contributed by atoms with Crippen LogP contribution >= 0.6 is 0 Å². The third kappa shape index (κ3) is 3.41. The Hall–Kier alpha value is -2.49. The molecule has 0 radical (unpaired) electrons. The quantitative estimate of drug-likeness (QED) is 0.860. The number of nitrogens with zero attached hydrogens (tertiary/aromatic N) is 3. The molecule has 9 heteroatoms. The van der Waals surface area contributed by atoms with E-state index in [0.717, 1.165) is 5.69 Å². The van der Waals surface area contributed by atoms with Crippen LogP contribution in [-0.2, 0) is 25.6 Å². The number of carbonyl (C=O) groups excluding carboxylic acids is 1. The minimum absolute atomic E-state index is 0.108. The van der Waals surface area contributed by atoms with Gasteiger partial charge in [-0.15, -0.1) is 5.10 Å². The van der Waals surface area contributed by atoms with Crippen LogP contribution in [0.4, 0.5) is 10.5 Å². The van der Waals surface area contributed by atoms with Crippen LogP contribution in [-0.4, -0.2) is 59.7 Å². The molecule has 9 nitrogen and oxygen atoms in total. The zero-order chi connectivity index (χ0) is 17.9. The maximum absolute atomic E-state index is 12.1. The van der Waals surface area contributed by atoms with Crippen LogP contribution in [0.1, 0.15) is 11.7 Å². The molecule has 3 heterocycles. The highest BCUT2D eigenvalue weighted by Crippen LogP contribution is 2.35. The van der Waals surface area contributed by atoms with Crippen molar-refractivity contribution in [2.45, 2.75) is 31.0 Å². The fourth-order valence-corrected chi connectivity index (χ4v) is 3.27. The van der Waals surface area contributed by atoms with Gasteiger partial charge in [0.15, 0.2) is 6.10 Å². The van der Waals surface area contributed by atoms with Crippen molar-refractivity contribution in [2.75, 3.05) is 25.6 Å².